The van der Waals surface area contributed by atoms with Crippen LogP contribution in [0.1, 0.15) is 393 Å². The average Bonchev–Trinajstić information content (AvgIpc) is 3.30. The number of rotatable bonds is 62. The van der Waals surface area contributed by atoms with Crippen molar-refractivity contribution in [2.45, 2.75) is 412 Å². The van der Waals surface area contributed by atoms with Crippen LogP contribution < -0.4 is 0 Å². The monoisotopic (exact) mass is 1130 g/mol. The highest BCUT2D eigenvalue weighted by molar-refractivity contribution is 5.83. The minimum atomic E-state index is -1.55. The van der Waals surface area contributed by atoms with E-state index < -0.39 is 60.9 Å². The van der Waals surface area contributed by atoms with Gasteiger partial charge < -0.3 is 23.7 Å². The van der Waals surface area contributed by atoms with Crippen molar-refractivity contribution in [1.82, 2.24) is 0 Å². The summed E-state index contributed by atoms with van der Waals surface area (Å²) in [6.07, 6.45) is 52.6. The lowest BCUT2D eigenvalue weighted by Crippen LogP contribution is -2.47. The highest BCUT2D eigenvalue weighted by atomic mass is 16.7. The van der Waals surface area contributed by atoms with Crippen molar-refractivity contribution in [2.24, 2.45) is 0 Å². The molecule has 1 aliphatic heterocycles. The van der Waals surface area contributed by atoms with E-state index >= 15 is 0 Å². The van der Waals surface area contributed by atoms with E-state index in [1.165, 1.54) is 180 Å². The molecule has 10 nitrogen and oxygen atoms in total. The fourth-order valence-corrected chi connectivity index (χ4v) is 11.0. The van der Waals surface area contributed by atoms with Crippen LogP contribution in [0.15, 0.2) is 0 Å². The third-order valence-electron chi connectivity index (χ3n) is 16.2. The summed E-state index contributed by atoms with van der Waals surface area (Å²) in [5.74, 6) is -3.00. The molecule has 1 heterocycles. The van der Waals surface area contributed by atoms with Crippen LogP contribution in [-0.4, -0.2) is 60.9 Å². The Labute approximate surface area is 499 Å². The van der Waals surface area contributed by atoms with Crippen molar-refractivity contribution in [1.29, 1.82) is 0 Å². The summed E-state index contributed by atoms with van der Waals surface area (Å²) in [6, 6.07) is 0. The molecular formula is C70H130O10. The zero-order valence-corrected chi connectivity index (χ0v) is 52.0. The largest absolute Gasteiger partial charge is 0.462 e. The van der Waals surface area contributed by atoms with E-state index in [4.69, 9.17) is 29.2 Å². The van der Waals surface area contributed by atoms with E-state index in [1.54, 1.807) is 0 Å². The second-order valence-corrected chi connectivity index (χ2v) is 23.9. The van der Waals surface area contributed by atoms with Crippen LogP contribution >= 0.6 is 0 Å². The van der Waals surface area contributed by atoms with Crippen molar-refractivity contribution < 1.29 is 53.1 Å². The minimum absolute atomic E-state index is 0.0990. The standard InChI is InChI=1S/C70H130O10/c1-5-9-13-17-21-25-29-33-37-41-45-49-53-57-63(71)76-61-62(77-64(72)58-54-50-46-42-38-34-30-26-22-18-14-10-6-2)67-68(78-65(73)59-55-51-47-43-39-35-31-27-23-19-15-11-7-3)69(70(75)80-67)79-66(74)60-56-52-48-44-40-36-32-28-24-20-16-12-8-4/h62,67-69H,5-61H2,1-4H3/t62-,67-,68+,69-/m1/s1/i1D,2D,3D,4D. The van der Waals surface area contributed by atoms with Gasteiger partial charge in [0.2, 0.25) is 6.10 Å². The summed E-state index contributed by atoms with van der Waals surface area (Å²) in [6.45, 7) is 1.73. The van der Waals surface area contributed by atoms with Crippen LogP contribution in [0.2, 0.25) is 0 Å². The molecule has 470 valence electrons. The molecule has 10 heteroatoms. The van der Waals surface area contributed by atoms with Crippen LogP contribution in [0.25, 0.3) is 0 Å². The summed E-state index contributed by atoms with van der Waals surface area (Å²) in [5, 5.41) is 0. The van der Waals surface area contributed by atoms with Gasteiger partial charge in [0.15, 0.2) is 18.3 Å². The Bertz CT molecular complexity index is 1510. The summed E-state index contributed by atoms with van der Waals surface area (Å²) in [4.78, 5) is 67.7. The van der Waals surface area contributed by atoms with Gasteiger partial charge in [-0.1, -0.05) is 336 Å². The van der Waals surface area contributed by atoms with Crippen molar-refractivity contribution >= 4 is 29.8 Å². The van der Waals surface area contributed by atoms with Crippen LogP contribution in [0, 0.1) is 0 Å². The van der Waals surface area contributed by atoms with Gasteiger partial charge in [-0.25, -0.2) is 4.79 Å². The maximum Gasteiger partial charge on any atom is 0.352 e. The van der Waals surface area contributed by atoms with Crippen molar-refractivity contribution in [3.05, 3.63) is 0 Å². The smallest absolute Gasteiger partial charge is 0.352 e. The van der Waals surface area contributed by atoms with Gasteiger partial charge in [-0.2, -0.15) is 0 Å². The molecular weight excluding hydrogens is 1000 g/mol. The molecule has 4 atom stereocenters. The first-order valence-corrected chi connectivity index (χ1v) is 34.4. The van der Waals surface area contributed by atoms with Gasteiger partial charge in [-0.3, -0.25) is 19.2 Å². The fraction of sp³-hybridized carbons (Fsp3) is 0.929. The summed E-state index contributed by atoms with van der Waals surface area (Å²) in [5.41, 5.74) is 0. The molecule has 0 aromatic carbocycles. The molecule has 0 unspecified atom stereocenters. The topological polar surface area (TPSA) is 132 Å². The predicted octanol–water partition coefficient (Wildman–Crippen LogP) is 21.1. The quantitative estimate of drug-likeness (QED) is 0.0329. The lowest BCUT2D eigenvalue weighted by atomic mass is 10.0. The molecule has 0 aliphatic carbocycles. The first kappa shape index (κ1) is 68.1. The number of esters is 5. The van der Waals surface area contributed by atoms with Gasteiger partial charge in [0.1, 0.15) is 6.61 Å². The van der Waals surface area contributed by atoms with E-state index in [9.17, 15) is 24.0 Å². The average molecular weight is 1140 g/mol. The number of unbranched alkanes of at least 4 members (excludes halogenated alkanes) is 48. The van der Waals surface area contributed by atoms with Gasteiger partial charge in [-0.15, -0.1) is 0 Å². The van der Waals surface area contributed by atoms with Gasteiger partial charge in [0.05, 0.1) is 0 Å². The second-order valence-electron chi connectivity index (χ2n) is 23.9. The molecule has 0 spiro atoms. The second kappa shape index (κ2) is 58.1. The van der Waals surface area contributed by atoms with Gasteiger partial charge >= 0.3 is 29.8 Å². The minimum Gasteiger partial charge on any atom is -0.462 e. The first-order chi connectivity index (χ1) is 41.3. The molecule has 0 aromatic heterocycles. The fourth-order valence-electron chi connectivity index (χ4n) is 11.0. The lowest BCUT2D eigenvalue weighted by molar-refractivity contribution is -0.180. The Hall–Kier alpha value is -2.65. The molecule has 1 aliphatic rings. The Morgan fingerprint density at radius 1 is 0.350 bits per heavy atom. The molecule has 0 saturated carbocycles. The van der Waals surface area contributed by atoms with Crippen molar-refractivity contribution in [3.8, 4) is 0 Å². The molecule has 1 saturated heterocycles. The van der Waals surface area contributed by atoms with Crippen LogP contribution in [0.4, 0.5) is 0 Å². The molecule has 80 heavy (non-hydrogen) atoms. The molecule has 0 bridgehead atoms. The number of hydrogen-bond donors (Lipinski definition) is 0. The third kappa shape index (κ3) is 46.8. The van der Waals surface area contributed by atoms with Crippen molar-refractivity contribution in [2.75, 3.05) is 6.61 Å². The van der Waals surface area contributed by atoms with Crippen molar-refractivity contribution in [3.63, 3.8) is 0 Å². The van der Waals surface area contributed by atoms with Gasteiger partial charge in [0.25, 0.3) is 0 Å². The predicted molar refractivity (Wildman–Crippen MR) is 332 cm³/mol. The van der Waals surface area contributed by atoms with Gasteiger partial charge in [0, 0.05) is 31.2 Å². The Balaban J connectivity index is 2.92. The van der Waals surface area contributed by atoms with E-state index in [0.717, 1.165) is 128 Å². The number of carbonyl (C=O) groups excluding carboxylic acids is 5. The molecule has 1 rings (SSSR count). The zero-order valence-electron chi connectivity index (χ0n) is 56.0. The van der Waals surface area contributed by atoms with Gasteiger partial charge in [-0.05, 0) is 25.7 Å². The first-order valence-electron chi connectivity index (χ1n) is 37.2. The molecule has 0 N–H and O–H groups in total. The zero-order chi connectivity index (χ0) is 60.9. The van der Waals surface area contributed by atoms with Crippen LogP contribution in [0.5, 0.6) is 0 Å². The van der Waals surface area contributed by atoms with E-state index in [1.807, 2.05) is 0 Å². The summed E-state index contributed by atoms with van der Waals surface area (Å²) < 4.78 is 58.7. The third-order valence-corrected chi connectivity index (χ3v) is 16.2. The number of cyclic esters (lactones) is 1. The van der Waals surface area contributed by atoms with Crippen LogP contribution in [-0.2, 0) is 47.7 Å². The number of carbonyl (C=O) groups is 5. The SMILES string of the molecule is [2H]CCCCCCCCCCCCCCCC(=O)OC[C@@H](OC(=O)CCCCCCCCCCCCCCC[2H])[C@H]1OC(=O)[C@H](OC(=O)CCCCCCCCCCCCCCC[2H])[C@H]1OC(=O)CCCCCCCCCCCCCCC[2H]. The molecule has 0 amide bonds. The summed E-state index contributed by atoms with van der Waals surface area (Å²) in [7, 11) is 0. The number of hydrogen-bond acceptors (Lipinski definition) is 10. The highest BCUT2D eigenvalue weighted by Gasteiger charge is 2.54. The number of ether oxygens (including phenoxy) is 5. The Morgan fingerprint density at radius 2 is 0.600 bits per heavy atom. The maximum atomic E-state index is 13.8. The van der Waals surface area contributed by atoms with E-state index in [0.29, 0.717) is 53.3 Å². The van der Waals surface area contributed by atoms with E-state index in [2.05, 4.69) is 0 Å². The molecule has 0 radical (unpaired) electrons. The highest BCUT2D eigenvalue weighted by Crippen LogP contribution is 2.29. The maximum absolute atomic E-state index is 13.8. The lowest BCUT2D eigenvalue weighted by Gasteiger charge is -2.27. The Kier molecular flexibility index (Phi) is 49.5. The summed E-state index contributed by atoms with van der Waals surface area (Å²) >= 11 is 0. The van der Waals surface area contributed by atoms with E-state index in [-0.39, 0.29) is 25.7 Å². The van der Waals surface area contributed by atoms with Crippen LogP contribution in [0.3, 0.4) is 0 Å². The normalized spacial score (nSPS) is 16.1. The molecule has 1 fully saturated rings. The molecule has 0 aromatic rings. The Morgan fingerprint density at radius 3 is 0.900 bits per heavy atom.